The van der Waals surface area contributed by atoms with Crippen molar-refractivity contribution < 1.29 is 0 Å². The fraction of sp³-hybridized carbons (Fsp3) is 0. The minimum atomic E-state index is -0.166. The molecule has 0 unspecified atom stereocenters. The van der Waals surface area contributed by atoms with Crippen molar-refractivity contribution in [2.24, 2.45) is 0 Å². The Morgan fingerprint density at radius 1 is 0.254 bits per heavy atom. The van der Waals surface area contributed by atoms with Crippen molar-refractivity contribution in [3.8, 4) is 50.2 Å². The molecule has 1 aliphatic rings. The van der Waals surface area contributed by atoms with Gasteiger partial charge in [-0.2, -0.15) is 0 Å². The van der Waals surface area contributed by atoms with Crippen LogP contribution >= 0.6 is 0 Å². The Hall–Kier alpha value is -7.87. The van der Waals surface area contributed by atoms with Gasteiger partial charge in [-0.3, -0.25) is 0 Å². The predicted octanol–water partition coefficient (Wildman–Crippen LogP) is 10.8. The first-order chi connectivity index (χ1) is 31.3. The maximum Gasteiger partial charge on any atom is 0.245 e. The zero-order chi connectivity index (χ0) is 41.7. The quantitative estimate of drug-likeness (QED) is 0.148. The van der Waals surface area contributed by atoms with Gasteiger partial charge in [-0.05, 0) is 67.6 Å². The van der Waals surface area contributed by atoms with Crippen molar-refractivity contribution in [1.82, 2.24) is 4.57 Å². The highest BCUT2D eigenvalue weighted by atomic mass is 15.0. The maximum absolute atomic E-state index is 2.60. The second kappa shape index (κ2) is 15.5. The number of hydrogen-bond donors (Lipinski definition) is 0. The van der Waals surface area contributed by atoms with E-state index in [9.17, 15) is 0 Å². The lowest BCUT2D eigenvalue weighted by atomic mass is 9.27. The first-order valence-electron chi connectivity index (χ1n) is 22.0. The summed E-state index contributed by atoms with van der Waals surface area (Å²) in [5.41, 5.74) is 21.1. The molecule has 0 radical (unpaired) electrons. The zero-order valence-corrected chi connectivity index (χ0v) is 34.8. The number of benzene rings is 10. The van der Waals surface area contributed by atoms with Crippen LogP contribution in [0, 0.1) is 0 Å². The first kappa shape index (κ1) is 36.9. The Kier molecular flexibility index (Phi) is 9.12. The summed E-state index contributed by atoms with van der Waals surface area (Å²) in [6.45, 7) is -0.332. The second-order valence-electron chi connectivity index (χ2n) is 16.6. The van der Waals surface area contributed by atoms with Crippen molar-refractivity contribution >= 4 is 68.0 Å². The highest BCUT2D eigenvalue weighted by Crippen LogP contribution is 2.34. The molecule has 0 atom stereocenters. The van der Waals surface area contributed by atoms with E-state index in [4.69, 9.17) is 0 Å². The maximum atomic E-state index is 2.60. The van der Waals surface area contributed by atoms with Gasteiger partial charge in [0.05, 0.1) is 5.52 Å². The Labute approximate surface area is 369 Å². The standard InChI is InChI=1S/C60H41B2N/c1-5-22-42(23-6-1)46-31-19-32-47(43-24-7-2-8-25-43)58(46)61-52-36-14-15-37-53(52)62(59-48(44-26-9-3-10-27-44)33-20-34-49(59)45-28-11-4-12-29-45)55-39-21-35-51-50-30-13-17-40-56(50)63(60(51)55)57-41-18-16-38-54(57)61/h1-41H. The summed E-state index contributed by atoms with van der Waals surface area (Å²) in [4.78, 5) is 0. The van der Waals surface area contributed by atoms with Gasteiger partial charge in [0.25, 0.3) is 0 Å². The van der Waals surface area contributed by atoms with Gasteiger partial charge >= 0.3 is 0 Å². The van der Waals surface area contributed by atoms with Crippen LogP contribution in [-0.2, 0) is 0 Å². The molecule has 3 heteroatoms. The van der Waals surface area contributed by atoms with Crippen LogP contribution in [0.5, 0.6) is 0 Å². The van der Waals surface area contributed by atoms with Gasteiger partial charge in [0, 0.05) is 22.0 Å². The average Bonchev–Trinajstić information content (AvgIpc) is 3.72. The van der Waals surface area contributed by atoms with Crippen LogP contribution in [0.4, 0.5) is 0 Å². The molecule has 0 aliphatic carbocycles. The summed E-state index contributed by atoms with van der Waals surface area (Å²) in [5.74, 6) is 0. The number of aromatic nitrogens is 1. The summed E-state index contributed by atoms with van der Waals surface area (Å²) in [7, 11) is 0. The molecule has 0 saturated heterocycles. The van der Waals surface area contributed by atoms with E-state index < -0.39 is 0 Å². The molecule has 0 bridgehead atoms. The summed E-state index contributed by atoms with van der Waals surface area (Å²) < 4.78 is 2.60. The van der Waals surface area contributed by atoms with Crippen LogP contribution in [0.2, 0.25) is 0 Å². The molecule has 0 N–H and O–H groups in total. The van der Waals surface area contributed by atoms with Crippen LogP contribution in [-0.4, -0.2) is 18.0 Å². The predicted molar refractivity (Wildman–Crippen MR) is 271 cm³/mol. The molecule has 2 heterocycles. The van der Waals surface area contributed by atoms with E-state index in [1.165, 1.54) is 105 Å². The summed E-state index contributed by atoms with van der Waals surface area (Å²) in [6, 6.07) is 92.4. The Morgan fingerprint density at radius 3 is 1.10 bits per heavy atom. The fourth-order valence-electron chi connectivity index (χ4n) is 10.7. The van der Waals surface area contributed by atoms with E-state index in [1.807, 2.05) is 0 Å². The third-order valence-electron chi connectivity index (χ3n) is 13.3. The molecule has 63 heavy (non-hydrogen) atoms. The molecule has 0 amide bonds. The van der Waals surface area contributed by atoms with Gasteiger partial charge < -0.3 is 4.57 Å². The topological polar surface area (TPSA) is 4.93 Å². The van der Waals surface area contributed by atoms with Gasteiger partial charge in [0.2, 0.25) is 13.4 Å². The van der Waals surface area contributed by atoms with Crippen molar-refractivity contribution in [3.63, 3.8) is 0 Å². The Balaban J connectivity index is 1.30. The third kappa shape index (κ3) is 6.11. The minimum Gasteiger partial charge on any atom is -0.310 e. The fourth-order valence-corrected chi connectivity index (χ4v) is 10.7. The van der Waals surface area contributed by atoms with Crippen LogP contribution in [0.25, 0.3) is 72.0 Å². The molecular formula is C60H41B2N. The average molecular weight is 798 g/mol. The number of nitrogens with zero attached hydrogens (tertiary/aromatic N) is 1. The van der Waals surface area contributed by atoms with Gasteiger partial charge in [-0.15, -0.1) is 0 Å². The Bertz CT molecular complexity index is 3330. The largest absolute Gasteiger partial charge is 0.310 e. The van der Waals surface area contributed by atoms with E-state index in [0.29, 0.717) is 0 Å². The molecule has 0 saturated carbocycles. The van der Waals surface area contributed by atoms with Gasteiger partial charge in [-0.1, -0.05) is 258 Å². The van der Waals surface area contributed by atoms with Gasteiger partial charge in [-0.25, -0.2) is 0 Å². The SMILES string of the molecule is c1ccc(-c2cccc(-c3ccccc3)c2B2c3ccccc3B(c3c(-c4ccccc4)cccc3-c3ccccc3)c3cccc4c5ccccc5n(c34)-c3ccccc32)cc1. The number of para-hydroxylation sites is 3. The molecule has 0 fully saturated rings. The lowest BCUT2D eigenvalue weighted by Crippen LogP contribution is -2.65. The van der Waals surface area contributed by atoms with Crippen molar-refractivity contribution in [1.29, 1.82) is 0 Å². The molecular weight excluding hydrogens is 756 g/mol. The molecule has 11 aromatic rings. The highest BCUT2D eigenvalue weighted by Gasteiger charge is 2.39. The summed E-state index contributed by atoms with van der Waals surface area (Å²) in [5, 5.41) is 2.51. The normalized spacial score (nSPS) is 12.1. The highest BCUT2D eigenvalue weighted by molar-refractivity contribution is 7.06. The van der Waals surface area contributed by atoms with E-state index in [2.05, 4.69) is 253 Å². The molecule has 292 valence electrons. The lowest BCUT2D eigenvalue weighted by molar-refractivity contribution is 1.20. The van der Waals surface area contributed by atoms with Crippen molar-refractivity contribution in [2.45, 2.75) is 0 Å². The van der Waals surface area contributed by atoms with E-state index in [1.54, 1.807) is 0 Å². The smallest absolute Gasteiger partial charge is 0.245 e. The monoisotopic (exact) mass is 797 g/mol. The van der Waals surface area contributed by atoms with Crippen LogP contribution in [0.1, 0.15) is 0 Å². The third-order valence-corrected chi connectivity index (χ3v) is 13.3. The second-order valence-corrected chi connectivity index (χ2v) is 16.6. The van der Waals surface area contributed by atoms with Crippen molar-refractivity contribution in [2.75, 3.05) is 0 Å². The minimum absolute atomic E-state index is 0.166. The summed E-state index contributed by atoms with van der Waals surface area (Å²) >= 11 is 0. The molecule has 10 aromatic carbocycles. The van der Waals surface area contributed by atoms with Gasteiger partial charge in [0.1, 0.15) is 0 Å². The molecule has 1 aliphatic heterocycles. The van der Waals surface area contributed by atoms with Crippen LogP contribution in [0.3, 0.4) is 0 Å². The van der Waals surface area contributed by atoms with Gasteiger partial charge in [0.15, 0.2) is 0 Å². The molecule has 1 nitrogen and oxygen atoms in total. The van der Waals surface area contributed by atoms with Crippen LogP contribution < -0.4 is 32.8 Å². The van der Waals surface area contributed by atoms with Crippen molar-refractivity contribution in [3.05, 3.63) is 249 Å². The first-order valence-corrected chi connectivity index (χ1v) is 22.0. The number of fused-ring (bicyclic) bond motifs is 6. The lowest BCUT2D eigenvalue weighted by Gasteiger charge is -2.29. The number of rotatable bonds is 6. The van der Waals surface area contributed by atoms with E-state index in [-0.39, 0.29) is 13.4 Å². The zero-order valence-electron chi connectivity index (χ0n) is 34.8. The number of hydrogen-bond acceptors (Lipinski definition) is 0. The Morgan fingerprint density at radius 2 is 0.603 bits per heavy atom. The molecule has 12 rings (SSSR count). The summed E-state index contributed by atoms with van der Waals surface area (Å²) in [6.07, 6.45) is 0. The van der Waals surface area contributed by atoms with Crippen LogP contribution in [0.15, 0.2) is 249 Å². The van der Waals surface area contributed by atoms with E-state index in [0.717, 1.165) is 0 Å². The molecule has 0 spiro atoms. The van der Waals surface area contributed by atoms with E-state index >= 15 is 0 Å². The molecule has 1 aromatic heterocycles.